The first kappa shape index (κ1) is 4.80. The maximum absolute atomic E-state index is 4.82. The van der Waals surface area contributed by atoms with Gasteiger partial charge in [-0.25, -0.2) is 0 Å². The zero-order chi connectivity index (χ0) is 4.41. The molecule has 1 rings (SSSR count). The normalized spacial score (nSPS) is 30.5. The summed E-state index contributed by atoms with van der Waals surface area (Å²) in [4.78, 5) is 0. The lowest BCUT2D eigenvalue weighted by Crippen LogP contribution is -1.90. The maximum Gasteiger partial charge on any atom is 0.109 e. The molecule has 0 bridgehead atoms. The van der Waals surface area contributed by atoms with Gasteiger partial charge in [0.25, 0.3) is 0 Å². The summed E-state index contributed by atoms with van der Waals surface area (Å²) < 4.78 is 9.53. The van der Waals surface area contributed by atoms with Crippen LogP contribution in [0.1, 0.15) is 0 Å². The molecule has 3 heteroatoms. The van der Waals surface area contributed by atoms with Gasteiger partial charge in [-0.1, -0.05) is 0 Å². The summed E-state index contributed by atoms with van der Waals surface area (Å²) in [6.07, 6.45) is 0.418. The van der Waals surface area contributed by atoms with E-state index in [9.17, 15) is 0 Å². The van der Waals surface area contributed by atoms with Crippen molar-refractivity contribution >= 4 is 23.0 Å². The molecule has 0 saturated carbocycles. The van der Waals surface area contributed by atoms with Crippen molar-refractivity contribution in [2.75, 3.05) is 13.2 Å². The second kappa shape index (κ2) is 2.09. The first-order valence-electron chi connectivity index (χ1n) is 1.78. The molecule has 0 N–H and O–H groups in total. The molecule has 1 aliphatic rings. The van der Waals surface area contributed by atoms with Crippen LogP contribution in [0.25, 0.3) is 0 Å². The van der Waals surface area contributed by atoms with E-state index in [1.54, 1.807) is 0 Å². The van der Waals surface area contributed by atoms with Crippen molar-refractivity contribution in [1.29, 1.82) is 0 Å². The molecule has 0 aromatic heterocycles. The van der Waals surface area contributed by atoms with Gasteiger partial charge in [0.1, 0.15) is 29.1 Å². The van der Waals surface area contributed by atoms with E-state index in [2.05, 4.69) is 0 Å². The average Bonchev–Trinajstić information content (AvgIpc) is 2.21. The van der Waals surface area contributed by atoms with E-state index in [4.69, 9.17) is 7.80 Å². The quantitative estimate of drug-likeness (QED) is 0.484. The summed E-state index contributed by atoms with van der Waals surface area (Å²) in [7, 11) is 0. The van der Waals surface area contributed by atoms with Gasteiger partial charge >= 0.3 is 0 Å². The highest BCUT2D eigenvalue weighted by Gasteiger charge is 2.21. The van der Waals surface area contributed by atoms with Crippen LogP contribution < -0.4 is 0 Å². The Morgan fingerprint density at radius 1 is 2.00 bits per heavy atom. The number of hydrogen-bond acceptors (Lipinski definition) is 2. The highest BCUT2D eigenvalue weighted by atomic mass is 127. The van der Waals surface area contributed by atoms with Gasteiger partial charge in [-0.3, -0.25) is 0 Å². The summed E-state index contributed by atoms with van der Waals surface area (Å²) in [5.74, 6) is 0. The Balaban J connectivity index is 1.88. The molecule has 0 radical (unpaired) electrons. The number of epoxide rings is 1. The van der Waals surface area contributed by atoms with E-state index in [0.717, 1.165) is 13.2 Å². The highest BCUT2D eigenvalue weighted by Crippen LogP contribution is 2.09. The fourth-order valence-electron chi connectivity index (χ4n) is 0.235. The van der Waals surface area contributed by atoms with Crippen LogP contribution in [0.4, 0.5) is 0 Å². The number of ether oxygens (including phenoxy) is 1. The first-order chi connectivity index (χ1) is 2.93. The molecule has 0 amide bonds. The van der Waals surface area contributed by atoms with Crippen molar-refractivity contribution in [3.8, 4) is 0 Å². The maximum atomic E-state index is 4.82. The Morgan fingerprint density at radius 2 is 2.67 bits per heavy atom. The molecular weight excluding hydrogens is 195 g/mol. The van der Waals surface area contributed by atoms with Crippen molar-refractivity contribution < 1.29 is 7.80 Å². The molecular formula is C3H5IO2. The predicted octanol–water partition coefficient (Wildman–Crippen LogP) is 0.752. The van der Waals surface area contributed by atoms with Crippen LogP contribution >= 0.6 is 23.0 Å². The van der Waals surface area contributed by atoms with Crippen molar-refractivity contribution in [3.05, 3.63) is 0 Å². The van der Waals surface area contributed by atoms with Gasteiger partial charge < -0.3 is 7.80 Å². The Labute approximate surface area is 50.5 Å². The largest absolute Gasteiger partial charge is 0.371 e. The molecule has 36 valence electrons. The van der Waals surface area contributed by atoms with Gasteiger partial charge in [-0.05, 0) is 0 Å². The molecule has 1 fully saturated rings. The molecule has 1 aliphatic heterocycles. The van der Waals surface area contributed by atoms with E-state index in [1.807, 2.05) is 23.0 Å². The zero-order valence-corrected chi connectivity index (χ0v) is 5.34. The Kier molecular flexibility index (Phi) is 1.67. The number of halogens is 1. The Hall–Kier alpha value is 0.650. The fourth-order valence-corrected chi connectivity index (χ4v) is 0.636. The molecule has 6 heavy (non-hydrogen) atoms. The van der Waals surface area contributed by atoms with E-state index in [-0.39, 0.29) is 0 Å². The molecule has 0 spiro atoms. The molecule has 1 saturated heterocycles. The van der Waals surface area contributed by atoms with Gasteiger partial charge in [0.2, 0.25) is 0 Å². The third-order valence-electron chi connectivity index (χ3n) is 0.651. The number of rotatable bonds is 2. The third kappa shape index (κ3) is 1.40. The minimum atomic E-state index is 0.418. The van der Waals surface area contributed by atoms with E-state index in [1.165, 1.54) is 0 Å². The third-order valence-corrected chi connectivity index (χ3v) is 1.01. The highest BCUT2D eigenvalue weighted by molar-refractivity contribution is 14.1. The van der Waals surface area contributed by atoms with Gasteiger partial charge in [-0.15, -0.1) is 0 Å². The van der Waals surface area contributed by atoms with E-state index < -0.39 is 0 Å². The molecule has 2 nitrogen and oxygen atoms in total. The minimum Gasteiger partial charge on any atom is -0.371 e. The second-order valence-corrected chi connectivity index (χ2v) is 1.85. The lowest BCUT2D eigenvalue weighted by molar-refractivity contribution is 0.321. The Morgan fingerprint density at radius 3 is 2.83 bits per heavy atom. The van der Waals surface area contributed by atoms with Crippen molar-refractivity contribution in [1.82, 2.24) is 0 Å². The van der Waals surface area contributed by atoms with Crippen LogP contribution in [0, 0.1) is 0 Å². The summed E-state index contributed by atoms with van der Waals surface area (Å²) in [5, 5.41) is 0. The lowest BCUT2D eigenvalue weighted by atomic mass is 10.5. The van der Waals surface area contributed by atoms with Gasteiger partial charge in [0.05, 0.1) is 13.2 Å². The monoisotopic (exact) mass is 200 g/mol. The van der Waals surface area contributed by atoms with E-state index in [0.29, 0.717) is 6.10 Å². The predicted molar refractivity (Wildman–Crippen MR) is 29.7 cm³/mol. The van der Waals surface area contributed by atoms with Crippen LogP contribution in [0.3, 0.4) is 0 Å². The molecule has 0 aromatic carbocycles. The van der Waals surface area contributed by atoms with Crippen molar-refractivity contribution in [2.45, 2.75) is 6.10 Å². The minimum absolute atomic E-state index is 0.418. The number of hydrogen-bond donors (Lipinski definition) is 0. The van der Waals surface area contributed by atoms with Crippen LogP contribution in [-0.4, -0.2) is 19.3 Å². The van der Waals surface area contributed by atoms with Crippen molar-refractivity contribution in [2.24, 2.45) is 0 Å². The first-order valence-corrected chi connectivity index (χ1v) is 2.66. The zero-order valence-electron chi connectivity index (χ0n) is 3.19. The molecule has 1 unspecified atom stereocenters. The standard InChI is InChI=1S/C3H5IO2/c4-6-2-3-1-5-3/h3H,1-2H2. The molecule has 1 atom stereocenters. The SMILES string of the molecule is IOCC1CO1. The summed E-state index contributed by atoms with van der Waals surface area (Å²) in [6, 6.07) is 0. The van der Waals surface area contributed by atoms with Crippen LogP contribution in [0.5, 0.6) is 0 Å². The van der Waals surface area contributed by atoms with Crippen molar-refractivity contribution in [3.63, 3.8) is 0 Å². The van der Waals surface area contributed by atoms with Crippen LogP contribution in [0.15, 0.2) is 0 Å². The van der Waals surface area contributed by atoms with Gasteiger partial charge in [0.15, 0.2) is 0 Å². The second-order valence-electron chi connectivity index (χ2n) is 1.23. The topological polar surface area (TPSA) is 21.8 Å². The summed E-state index contributed by atoms with van der Waals surface area (Å²) >= 11 is 1.86. The van der Waals surface area contributed by atoms with E-state index >= 15 is 0 Å². The average molecular weight is 200 g/mol. The fraction of sp³-hybridized carbons (Fsp3) is 1.00. The smallest absolute Gasteiger partial charge is 0.109 e. The summed E-state index contributed by atoms with van der Waals surface area (Å²) in [6.45, 7) is 1.64. The Bertz CT molecular complexity index is 44.1. The molecule has 0 aromatic rings. The lowest BCUT2D eigenvalue weighted by Gasteiger charge is -1.81. The van der Waals surface area contributed by atoms with Gasteiger partial charge in [0, 0.05) is 0 Å². The molecule has 1 heterocycles. The van der Waals surface area contributed by atoms with Gasteiger partial charge in [-0.2, -0.15) is 0 Å². The summed E-state index contributed by atoms with van der Waals surface area (Å²) in [5.41, 5.74) is 0. The molecule has 0 aliphatic carbocycles. The van der Waals surface area contributed by atoms with Crippen LogP contribution in [0.2, 0.25) is 0 Å². The van der Waals surface area contributed by atoms with Crippen LogP contribution in [-0.2, 0) is 7.80 Å².